The zero-order chi connectivity index (χ0) is 14.7. The van der Waals surface area contributed by atoms with Gasteiger partial charge in [-0.3, -0.25) is 9.69 Å². The van der Waals surface area contributed by atoms with Gasteiger partial charge in [-0.25, -0.2) is 0 Å². The fourth-order valence-electron chi connectivity index (χ4n) is 2.48. The number of likely N-dealkylation sites (N-methyl/N-ethyl adjacent to an activating group) is 2. The van der Waals surface area contributed by atoms with Crippen molar-refractivity contribution in [1.29, 1.82) is 0 Å². The van der Waals surface area contributed by atoms with Crippen LogP contribution in [0.2, 0.25) is 0 Å². The lowest BCUT2D eigenvalue weighted by Gasteiger charge is -2.36. The van der Waals surface area contributed by atoms with Crippen LogP contribution in [0.3, 0.4) is 0 Å². The highest BCUT2D eigenvalue weighted by atomic mass is 16.5. The summed E-state index contributed by atoms with van der Waals surface area (Å²) in [6, 6.07) is 5.22. The SMILES string of the molecule is COc1ccc(C(=O)C2CN(C)CCN2C)cc1OC. The number of ether oxygens (including phenoxy) is 2. The first kappa shape index (κ1) is 14.8. The predicted molar refractivity (Wildman–Crippen MR) is 77.8 cm³/mol. The highest BCUT2D eigenvalue weighted by Gasteiger charge is 2.29. The van der Waals surface area contributed by atoms with E-state index in [0.717, 1.165) is 19.6 Å². The number of benzene rings is 1. The van der Waals surface area contributed by atoms with Crippen molar-refractivity contribution in [3.05, 3.63) is 23.8 Å². The van der Waals surface area contributed by atoms with E-state index < -0.39 is 0 Å². The minimum atomic E-state index is -0.105. The lowest BCUT2D eigenvalue weighted by Crippen LogP contribution is -2.53. The number of hydrogen-bond donors (Lipinski definition) is 0. The summed E-state index contributed by atoms with van der Waals surface area (Å²) in [7, 11) is 7.20. The van der Waals surface area contributed by atoms with Crippen LogP contribution in [0.5, 0.6) is 11.5 Å². The maximum atomic E-state index is 12.7. The quantitative estimate of drug-likeness (QED) is 0.772. The molecule has 0 aliphatic carbocycles. The van der Waals surface area contributed by atoms with Gasteiger partial charge in [0.15, 0.2) is 17.3 Å². The fourth-order valence-corrected chi connectivity index (χ4v) is 2.48. The molecule has 0 N–H and O–H groups in total. The molecule has 1 heterocycles. The van der Waals surface area contributed by atoms with Crippen molar-refractivity contribution in [1.82, 2.24) is 9.80 Å². The first-order valence-electron chi connectivity index (χ1n) is 6.72. The third-order valence-corrected chi connectivity index (χ3v) is 3.82. The third kappa shape index (κ3) is 2.94. The van der Waals surface area contributed by atoms with Gasteiger partial charge in [0, 0.05) is 25.2 Å². The van der Waals surface area contributed by atoms with E-state index in [-0.39, 0.29) is 11.8 Å². The number of rotatable bonds is 4. The third-order valence-electron chi connectivity index (χ3n) is 3.82. The number of piperazine rings is 1. The Kier molecular flexibility index (Phi) is 4.62. The van der Waals surface area contributed by atoms with Crippen LogP contribution in [0, 0.1) is 0 Å². The molecule has 1 fully saturated rings. The second-order valence-electron chi connectivity index (χ2n) is 5.19. The summed E-state index contributed by atoms with van der Waals surface area (Å²) in [5.41, 5.74) is 0.662. The van der Waals surface area contributed by atoms with Crippen molar-refractivity contribution >= 4 is 5.78 Å². The van der Waals surface area contributed by atoms with Gasteiger partial charge in [-0.05, 0) is 32.3 Å². The lowest BCUT2D eigenvalue weighted by molar-refractivity contribution is 0.0686. The lowest BCUT2D eigenvalue weighted by atomic mass is 10.0. The average molecular weight is 278 g/mol. The van der Waals surface area contributed by atoms with Crippen LogP contribution < -0.4 is 9.47 Å². The number of Topliss-reactive ketones (excluding diaryl/α,β-unsaturated/α-hetero) is 1. The Morgan fingerprint density at radius 1 is 1.15 bits per heavy atom. The molecule has 0 aromatic heterocycles. The van der Waals surface area contributed by atoms with Crippen molar-refractivity contribution in [2.45, 2.75) is 6.04 Å². The van der Waals surface area contributed by atoms with E-state index >= 15 is 0 Å². The molecular formula is C15H22N2O3. The van der Waals surface area contributed by atoms with Gasteiger partial charge in [-0.1, -0.05) is 0 Å². The molecule has 1 saturated heterocycles. The molecule has 5 heteroatoms. The Labute approximate surface area is 120 Å². The fraction of sp³-hybridized carbons (Fsp3) is 0.533. The molecule has 5 nitrogen and oxygen atoms in total. The Morgan fingerprint density at radius 3 is 2.50 bits per heavy atom. The van der Waals surface area contributed by atoms with Gasteiger partial charge >= 0.3 is 0 Å². The molecule has 0 spiro atoms. The van der Waals surface area contributed by atoms with Gasteiger partial charge < -0.3 is 14.4 Å². The highest BCUT2D eigenvalue weighted by Crippen LogP contribution is 2.28. The summed E-state index contributed by atoms with van der Waals surface area (Å²) in [6.07, 6.45) is 0. The summed E-state index contributed by atoms with van der Waals surface area (Å²) >= 11 is 0. The normalized spacial score (nSPS) is 20.7. The Balaban J connectivity index is 2.24. The number of ketones is 1. The topological polar surface area (TPSA) is 42.0 Å². The molecule has 2 rings (SSSR count). The van der Waals surface area contributed by atoms with Gasteiger partial charge in [-0.15, -0.1) is 0 Å². The summed E-state index contributed by atoms with van der Waals surface area (Å²) in [6.45, 7) is 2.65. The maximum Gasteiger partial charge on any atom is 0.181 e. The van der Waals surface area contributed by atoms with Gasteiger partial charge in [-0.2, -0.15) is 0 Å². The van der Waals surface area contributed by atoms with Crippen molar-refractivity contribution in [3.63, 3.8) is 0 Å². The van der Waals surface area contributed by atoms with Crippen molar-refractivity contribution in [3.8, 4) is 11.5 Å². The van der Waals surface area contributed by atoms with Gasteiger partial charge in [0.1, 0.15) is 0 Å². The molecule has 1 aromatic carbocycles. The van der Waals surface area contributed by atoms with Crippen LogP contribution in [0.1, 0.15) is 10.4 Å². The molecule has 1 unspecified atom stereocenters. The van der Waals surface area contributed by atoms with Crippen LogP contribution in [0.15, 0.2) is 18.2 Å². The Hall–Kier alpha value is -1.59. The number of hydrogen-bond acceptors (Lipinski definition) is 5. The number of methoxy groups -OCH3 is 2. The van der Waals surface area contributed by atoms with E-state index in [4.69, 9.17) is 9.47 Å². The van der Waals surface area contributed by atoms with Crippen LogP contribution in [-0.4, -0.2) is 69.6 Å². The molecule has 0 bridgehead atoms. The van der Waals surface area contributed by atoms with Gasteiger partial charge in [0.05, 0.1) is 20.3 Å². The molecule has 1 atom stereocenters. The van der Waals surface area contributed by atoms with E-state index in [0.29, 0.717) is 17.1 Å². The smallest absolute Gasteiger partial charge is 0.181 e. The summed E-state index contributed by atoms with van der Waals surface area (Å²) < 4.78 is 10.5. The Morgan fingerprint density at radius 2 is 1.85 bits per heavy atom. The first-order valence-corrected chi connectivity index (χ1v) is 6.72. The first-order chi connectivity index (χ1) is 9.56. The monoisotopic (exact) mass is 278 g/mol. The van der Waals surface area contributed by atoms with Gasteiger partial charge in [0.25, 0.3) is 0 Å². The van der Waals surface area contributed by atoms with Gasteiger partial charge in [0.2, 0.25) is 0 Å². The Bertz CT molecular complexity index is 490. The average Bonchev–Trinajstić information content (AvgIpc) is 2.48. The zero-order valence-electron chi connectivity index (χ0n) is 12.5. The number of carbonyl (C=O) groups excluding carboxylic acids is 1. The van der Waals surface area contributed by atoms with Crippen LogP contribution in [0.4, 0.5) is 0 Å². The second-order valence-corrected chi connectivity index (χ2v) is 5.19. The van der Waals surface area contributed by atoms with Crippen molar-refractivity contribution in [2.24, 2.45) is 0 Å². The molecule has 1 aliphatic heterocycles. The summed E-state index contributed by atoms with van der Waals surface area (Å²) in [5, 5.41) is 0. The zero-order valence-corrected chi connectivity index (χ0v) is 12.5. The van der Waals surface area contributed by atoms with Crippen LogP contribution in [-0.2, 0) is 0 Å². The molecule has 0 amide bonds. The predicted octanol–water partition coefficient (Wildman–Crippen LogP) is 1.13. The van der Waals surface area contributed by atoms with Crippen LogP contribution in [0.25, 0.3) is 0 Å². The minimum Gasteiger partial charge on any atom is -0.493 e. The van der Waals surface area contributed by atoms with Crippen molar-refractivity contribution in [2.75, 3.05) is 47.9 Å². The molecule has 1 aliphatic rings. The van der Waals surface area contributed by atoms with Crippen LogP contribution >= 0.6 is 0 Å². The summed E-state index contributed by atoms with van der Waals surface area (Å²) in [4.78, 5) is 17.0. The molecular weight excluding hydrogens is 256 g/mol. The van der Waals surface area contributed by atoms with Crippen molar-refractivity contribution < 1.29 is 14.3 Å². The highest BCUT2D eigenvalue weighted by molar-refractivity contribution is 6.00. The van der Waals surface area contributed by atoms with E-state index in [1.807, 2.05) is 14.1 Å². The largest absolute Gasteiger partial charge is 0.493 e. The second kappa shape index (κ2) is 6.24. The molecule has 0 radical (unpaired) electrons. The molecule has 1 aromatic rings. The minimum absolute atomic E-state index is 0.105. The van der Waals surface area contributed by atoms with E-state index in [2.05, 4.69) is 9.80 Å². The molecule has 20 heavy (non-hydrogen) atoms. The van der Waals surface area contributed by atoms with E-state index in [1.54, 1.807) is 32.4 Å². The number of nitrogens with zero attached hydrogens (tertiary/aromatic N) is 2. The number of carbonyl (C=O) groups is 1. The summed E-state index contributed by atoms with van der Waals surface area (Å²) in [5.74, 6) is 1.35. The van der Waals surface area contributed by atoms with E-state index in [9.17, 15) is 4.79 Å². The molecule has 0 saturated carbocycles. The van der Waals surface area contributed by atoms with E-state index in [1.165, 1.54) is 0 Å². The molecule has 110 valence electrons. The maximum absolute atomic E-state index is 12.7. The standard InChI is InChI=1S/C15H22N2O3/c1-16-7-8-17(2)12(10-16)15(18)11-5-6-13(19-3)14(9-11)20-4/h5-6,9,12H,7-8,10H2,1-4H3.